The van der Waals surface area contributed by atoms with Crippen LogP contribution < -0.4 is 11.1 Å². The van der Waals surface area contributed by atoms with E-state index in [1.54, 1.807) is 0 Å². The molecule has 2 aromatic rings. The van der Waals surface area contributed by atoms with Gasteiger partial charge in [-0.05, 0) is 23.8 Å². The summed E-state index contributed by atoms with van der Waals surface area (Å²) < 4.78 is 0.968. The summed E-state index contributed by atoms with van der Waals surface area (Å²) in [6.07, 6.45) is 1.43. The second-order valence-electron chi connectivity index (χ2n) is 3.95. The number of hydrogen-bond donors (Lipinski definition) is 3. The van der Waals surface area contributed by atoms with E-state index in [1.807, 2.05) is 24.3 Å². The Morgan fingerprint density at radius 1 is 1.42 bits per heavy atom. The molecule has 5 nitrogen and oxygen atoms in total. The van der Waals surface area contributed by atoms with Gasteiger partial charge >= 0.3 is 5.97 Å². The highest BCUT2D eigenvalue weighted by molar-refractivity contribution is 9.10. The first kappa shape index (κ1) is 13.4. The third kappa shape index (κ3) is 3.45. The Kier molecular flexibility index (Phi) is 4.01. The summed E-state index contributed by atoms with van der Waals surface area (Å²) in [6, 6.07) is 9.11. The molecule has 0 fully saturated rings. The molecule has 0 saturated heterocycles. The zero-order chi connectivity index (χ0) is 13.8. The van der Waals surface area contributed by atoms with Gasteiger partial charge in [0.05, 0.1) is 11.9 Å². The fraction of sp³-hybridized carbons (Fsp3) is 0.0769. The van der Waals surface area contributed by atoms with E-state index in [1.165, 1.54) is 12.3 Å². The normalized spacial score (nSPS) is 10.2. The first-order chi connectivity index (χ1) is 9.06. The topological polar surface area (TPSA) is 88.2 Å². The molecule has 4 N–H and O–H groups in total. The largest absolute Gasteiger partial charge is 0.478 e. The average Bonchev–Trinajstić information content (AvgIpc) is 2.37. The Morgan fingerprint density at radius 2 is 2.21 bits per heavy atom. The lowest BCUT2D eigenvalue weighted by molar-refractivity contribution is 0.0697. The second kappa shape index (κ2) is 5.71. The first-order valence-corrected chi connectivity index (χ1v) is 6.32. The second-order valence-corrected chi connectivity index (χ2v) is 4.87. The van der Waals surface area contributed by atoms with Crippen LogP contribution in [0, 0.1) is 0 Å². The smallest absolute Gasteiger partial charge is 0.339 e. The molecule has 0 aliphatic rings. The van der Waals surface area contributed by atoms with Crippen molar-refractivity contribution in [3.8, 4) is 0 Å². The molecule has 0 amide bonds. The monoisotopic (exact) mass is 321 g/mol. The van der Waals surface area contributed by atoms with Gasteiger partial charge in [0, 0.05) is 11.0 Å². The van der Waals surface area contributed by atoms with Crippen molar-refractivity contribution in [2.24, 2.45) is 0 Å². The number of aromatic nitrogens is 1. The molecule has 0 atom stereocenters. The maximum Gasteiger partial charge on any atom is 0.339 e. The van der Waals surface area contributed by atoms with Gasteiger partial charge in [-0.2, -0.15) is 0 Å². The molecule has 0 radical (unpaired) electrons. The van der Waals surface area contributed by atoms with Crippen molar-refractivity contribution in [3.05, 3.63) is 52.1 Å². The fourth-order valence-electron chi connectivity index (χ4n) is 1.62. The zero-order valence-electron chi connectivity index (χ0n) is 9.93. The number of halogens is 1. The number of nitrogens with two attached hydrogens (primary N) is 1. The van der Waals surface area contributed by atoms with Crippen LogP contribution in [0.2, 0.25) is 0 Å². The van der Waals surface area contributed by atoms with Crippen LogP contribution in [0.1, 0.15) is 15.9 Å². The number of nitrogen functional groups attached to an aromatic ring is 1. The number of carbonyl (C=O) groups is 1. The Labute approximate surface area is 118 Å². The van der Waals surface area contributed by atoms with Crippen molar-refractivity contribution in [2.75, 3.05) is 11.1 Å². The number of hydrogen-bond acceptors (Lipinski definition) is 4. The predicted molar refractivity (Wildman–Crippen MR) is 77.1 cm³/mol. The third-order valence-electron chi connectivity index (χ3n) is 2.49. The van der Waals surface area contributed by atoms with E-state index in [4.69, 9.17) is 10.8 Å². The summed E-state index contributed by atoms with van der Waals surface area (Å²) >= 11 is 3.38. The van der Waals surface area contributed by atoms with Crippen LogP contribution in [0.3, 0.4) is 0 Å². The van der Waals surface area contributed by atoms with E-state index >= 15 is 0 Å². The van der Waals surface area contributed by atoms with E-state index < -0.39 is 5.97 Å². The molecular weight excluding hydrogens is 310 g/mol. The predicted octanol–water partition coefficient (Wildman–Crippen LogP) is 2.74. The lowest BCUT2D eigenvalue weighted by atomic mass is 10.2. The van der Waals surface area contributed by atoms with Crippen molar-refractivity contribution < 1.29 is 9.90 Å². The Morgan fingerprint density at radius 3 is 2.89 bits per heavy atom. The molecule has 6 heteroatoms. The van der Waals surface area contributed by atoms with E-state index in [9.17, 15) is 4.79 Å². The number of anilines is 2. The molecule has 1 aromatic carbocycles. The van der Waals surface area contributed by atoms with Crippen LogP contribution >= 0.6 is 15.9 Å². The molecule has 0 spiro atoms. The SMILES string of the molecule is Nc1cnc(NCc2cccc(Br)c2)c(C(=O)O)c1. The summed E-state index contributed by atoms with van der Waals surface area (Å²) in [5.74, 6) is -0.752. The number of benzene rings is 1. The lowest BCUT2D eigenvalue weighted by Crippen LogP contribution is -2.09. The van der Waals surface area contributed by atoms with E-state index in [2.05, 4.69) is 26.2 Å². The quantitative estimate of drug-likeness (QED) is 0.805. The Hall–Kier alpha value is -2.08. The Bertz CT molecular complexity index is 617. The van der Waals surface area contributed by atoms with Crippen LogP contribution in [0.15, 0.2) is 41.0 Å². The molecule has 0 aliphatic carbocycles. The molecule has 0 aliphatic heterocycles. The maximum atomic E-state index is 11.1. The number of carboxylic acid groups (broad SMARTS) is 1. The van der Waals surface area contributed by atoms with Gasteiger partial charge in [-0.25, -0.2) is 9.78 Å². The summed E-state index contributed by atoms with van der Waals surface area (Å²) in [6.45, 7) is 0.483. The molecule has 98 valence electrons. The Balaban J connectivity index is 2.17. The van der Waals surface area contributed by atoms with E-state index in [0.717, 1.165) is 10.0 Å². The van der Waals surface area contributed by atoms with Gasteiger partial charge < -0.3 is 16.2 Å². The van der Waals surface area contributed by atoms with E-state index in [0.29, 0.717) is 18.1 Å². The summed E-state index contributed by atoms with van der Waals surface area (Å²) in [5, 5.41) is 12.1. The molecule has 1 aromatic heterocycles. The third-order valence-corrected chi connectivity index (χ3v) is 2.98. The molecule has 0 saturated carbocycles. The van der Waals surface area contributed by atoms with Crippen molar-refractivity contribution in [3.63, 3.8) is 0 Å². The highest BCUT2D eigenvalue weighted by Gasteiger charge is 2.11. The maximum absolute atomic E-state index is 11.1. The number of pyridine rings is 1. The van der Waals surface area contributed by atoms with Crippen molar-refractivity contribution >= 4 is 33.4 Å². The van der Waals surface area contributed by atoms with Crippen LogP contribution in [-0.4, -0.2) is 16.1 Å². The van der Waals surface area contributed by atoms with E-state index in [-0.39, 0.29) is 5.56 Å². The molecule has 0 bridgehead atoms. The van der Waals surface area contributed by atoms with Crippen LogP contribution in [0.25, 0.3) is 0 Å². The van der Waals surface area contributed by atoms with Crippen molar-refractivity contribution in [1.29, 1.82) is 0 Å². The van der Waals surface area contributed by atoms with Crippen LogP contribution in [0.5, 0.6) is 0 Å². The number of carboxylic acids is 1. The average molecular weight is 322 g/mol. The lowest BCUT2D eigenvalue weighted by Gasteiger charge is -2.09. The summed E-state index contributed by atoms with van der Waals surface area (Å²) in [4.78, 5) is 15.1. The minimum absolute atomic E-state index is 0.0648. The fourth-order valence-corrected chi connectivity index (χ4v) is 2.06. The number of nitrogens with one attached hydrogen (secondary N) is 1. The minimum atomic E-state index is -1.06. The molecule has 0 unspecified atom stereocenters. The van der Waals surface area contributed by atoms with Crippen molar-refractivity contribution in [2.45, 2.75) is 6.54 Å². The highest BCUT2D eigenvalue weighted by atomic mass is 79.9. The van der Waals surface area contributed by atoms with Crippen LogP contribution in [-0.2, 0) is 6.54 Å². The first-order valence-electron chi connectivity index (χ1n) is 5.53. The number of aromatic carboxylic acids is 1. The summed E-state index contributed by atoms with van der Waals surface area (Å²) in [7, 11) is 0. The summed E-state index contributed by atoms with van der Waals surface area (Å²) in [5.41, 5.74) is 6.94. The van der Waals surface area contributed by atoms with Gasteiger partial charge in [0.25, 0.3) is 0 Å². The number of rotatable bonds is 4. The van der Waals surface area contributed by atoms with Gasteiger partial charge in [0.1, 0.15) is 11.4 Å². The molecule has 1 heterocycles. The van der Waals surface area contributed by atoms with Crippen molar-refractivity contribution in [1.82, 2.24) is 4.98 Å². The standard InChI is InChI=1S/C13H12BrN3O2/c14-9-3-1-2-8(4-9)6-16-12-11(13(18)19)5-10(15)7-17-12/h1-5,7H,6,15H2,(H,16,17)(H,18,19). The van der Waals surface area contributed by atoms with Gasteiger partial charge in [-0.1, -0.05) is 28.1 Å². The number of nitrogens with zero attached hydrogens (tertiary/aromatic N) is 1. The van der Waals surface area contributed by atoms with Gasteiger partial charge in [0.15, 0.2) is 0 Å². The van der Waals surface area contributed by atoms with Gasteiger partial charge in [-0.3, -0.25) is 0 Å². The molecule has 19 heavy (non-hydrogen) atoms. The zero-order valence-corrected chi connectivity index (χ0v) is 11.5. The van der Waals surface area contributed by atoms with Gasteiger partial charge in [0.2, 0.25) is 0 Å². The van der Waals surface area contributed by atoms with Gasteiger partial charge in [-0.15, -0.1) is 0 Å². The van der Waals surface area contributed by atoms with Crippen LogP contribution in [0.4, 0.5) is 11.5 Å². The molecule has 2 rings (SSSR count). The minimum Gasteiger partial charge on any atom is -0.478 e. The highest BCUT2D eigenvalue weighted by Crippen LogP contribution is 2.17. The molecular formula is C13H12BrN3O2.